The van der Waals surface area contributed by atoms with Crippen LogP contribution in [0.2, 0.25) is 0 Å². The van der Waals surface area contributed by atoms with E-state index in [1.54, 1.807) is 18.7 Å². The average molecular weight is 325 g/mol. The highest BCUT2D eigenvalue weighted by Crippen LogP contribution is 2.27. The summed E-state index contributed by atoms with van der Waals surface area (Å²) in [4.78, 5) is 13.4. The van der Waals surface area contributed by atoms with Crippen LogP contribution in [0.4, 0.5) is 5.82 Å². The fourth-order valence-electron chi connectivity index (χ4n) is 2.24. The predicted octanol–water partition coefficient (Wildman–Crippen LogP) is 2.98. The van der Waals surface area contributed by atoms with Gasteiger partial charge in [0.25, 0.3) is 0 Å². The molecule has 0 bridgehead atoms. The summed E-state index contributed by atoms with van der Waals surface area (Å²) in [7, 11) is 0. The number of hydrogen-bond acceptors (Lipinski definition) is 5. The minimum Gasteiger partial charge on any atom is -0.472 e. The molecule has 116 valence electrons. The van der Waals surface area contributed by atoms with Crippen LogP contribution in [0, 0.1) is 5.92 Å². The Hall–Kier alpha value is -2.54. The molecule has 1 aliphatic carbocycles. The molecule has 1 aliphatic rings. The first kappa shape index (κ1) is 14.1. The highest BCUT2D eigenvalue weighted by Gasteiger charge is 2.20. The minimum absolute atomic E-state index is 0.568. The molecule has 0 spiro atoms. The molecule has 0 atom stereocenters. The third-order valence-corrected chi connectivity index (χ3v) is 3.96. The molecule has 7 heteroatoms. The zero-order valence-electron chi connectivity index (χ0n) is 12.3. The van der Waals surface area contributed by atoms with Crippen LogP contribution >= 0.6 is 12.2 Å². The number of furan rings is 1. The van der Waals surface area contributed by atoms with Gasteiger partial charge in [0.2, 0.25) is 0 Å². The zero-order chi connectivity index (χ0) is 15.6. The second-order valence-electron chi connectivity index (χ2n) is 5.58. The SMILES string of the molecule is S=C(NCC1CC1)Nc1ccc2ncc(-c3ccoc3)nc2n1. The molecule has 0 amide bonds. The van der Waals surface area contributed by atoms with Crippen molar-refractivity contribution in [2.24, 2.45) is 5.92 Å². The molecule has 23 heavy (non-hydrogen) atoms. The molecular formula is C16H15N5OS. The molecule has 3 aromatic rings. The number of thiocarbonyl (C=S) groups is 1. The van der Waals surface area contributed by atoms with Crippen LogP contribution in [0.1, 0.15) is 12.8 Å². The normalized spacial score (nSPS) is 13.9. The Morgan fingerprint density at radius 1 is 1.26 bits per heavy atom. The third kappa shape index (κ3) is 3.29. The molecule has 4 rings (SSSR count). The Labute approximate surface area is 138 Å². The van der Waals surface area contributed by atoms with E-state index in [1.165, 1.54) is 12.8 Å². The summed E-state index contributed by atoms with van der Waals surface area (Å²) in [5, 5.41) is 6.89. The van der Waals surface area contributed by atoms with E-state index in [2.05, 4.69) is 25.6 Å². The number of nitrogens with one attached hydrogen (secondary N) is 2. The summed E-state index contributed by atoms with van der Waals surface area (Å²) in [6, 6.07) is 5.56. The lowest BCUT2D eigenvalue weighted by atomic mass is 10.2. The van der Waals surface area contributed by atoms with Crippen molar-refractivity contribution in [1.29, 1.82) is 0 Å². The van der Waals surface area contributed by atoms with Gasteiger partial charge in [0.1, 0.15) is 11.3 Å². The largest absolute Gasteiger partial charge is 0.472 e. The number of hydrogen-bond donors (Lipinski definition) is 2. The summed E-state index contributed by atoms with van der Waals surface area (Å²) in [5.74, 6) is 1.42. The molecule has 2 N–H and O–H groups in total. The first-order chi connectivity index (χ1) is 11.3. The number of rotatable bonds is 4. The summed E-state index contributed by atoms with van der Waals surface area (Å²) < 4.78 is 5.08. The van der Waals surface area contributed by atoms with Crippen molar-refractivity contribution in [2.45, 2.75) is 12.8 Å². The van der Waals surface area contributed by atoms with Gasteiger partial charge in [-0.1, -0.05) is 0 Å². The van der Waals surface area contributed by atoms with Gasteiger partial charge in [0.15, 0.2) is 10.8 Å². The van der Waals surface area contributed by atoms with Gasteiger partial charge in [-0.2, -0.15) is 0 Å². The van der Waals surface area contributed by atoms with Crippen LogP contribution in [0.5, 0.6) is 0 Å². The van der Waals surface area contributed by atoms with Crippen LogP contribution < -0.4 is 10.6 Å². The summed E-state index contributed by atoms with van der Waals surface area (Å²) >= 11 is 5.29. The fraction of sp³-hybridized carbons (Fsp3) is 0.250. The molecule has 0 unspecified atom stereocenters. The standard InChI is InChI=1S/C16H15N5OS/c23-16(18-7-10-1-2-10)21-14-4-3-12-15(20-14)19-13(8-17-12)11-5-6-22-9-11/h3-6,8-10H,1-2,7H2,(H2,18,19,20,21,23). The molecule has 1 saturated carbocycles. The van der Waals surface area contributed by atoms with E-state index in [4.69, 9.17) is 16.6 Å². The van der Waals surface area contributed by atoms with Gasteiger partial charge < -0.3 is 15.1 Å². The van der Waals surface area contributed by atoms with Gasteiger partial charge >= 0.3 is 0 Å². The Morgan fingerprint density at radius 2 is 2.17 bits per heavy atom. The van der Waals surface area contributed by atoms with Crippen LogP contribution in [-0.4, -0.2) is 26.6 Å². The van der Waals surface area contributed by atoms with E-state index in [-0.39, 0.29) is 0 Å². The molecular weight excluding hydrogens is 310 g/mol. The van der Waals surface area contributed by atoms with Crippen LogP contribution in [0.3, 0.4) is 0 Å². The molecule has 6 nitrogen and oxygen atoms in total. The Kier molecular flexibility index (Phi) is 3.63. The molecule has 0 aliphatic heterocycles. The highest BCUT2D eigenvalue weighted by molar-refractivity contribution is 7.80. The van der Waals surface area contributed by atoms with Crippen LogP contribution in [-0.2, 0) is 0 Å². The summed E-state index contributed by atoms with van der Waals surface area (Å²) in [5.41, 5.74) is 2.91. The summed E-state index contributed by atoms with van der Waals surface area (Å²) in [6.45, 7) is 0.920. The van der Waals surface area contributed by atoms with Gasteiger partial charge in [0.05, 0.1) is 24.4 Å². The van der Waals surface area contributed by atoms with Gasteiger partial charge in [0, 0.05) is 12.1 Å². The van der Waals surface area contributed by atoms with E-state index in [1.807, 2.05) is 18.2 Å². The van der Waals surface area contributed by atoms with Gasteiger partial charge in [-0.3, -0.25) is 4.98 Å². The van der Waals surface area contributed by atoms with E-state index >= 15 is 0 Å². The monoisotopic (exact) mass is 325 g/mol. The molecule has 0 radical (unpaired) electrons. The maximum absolute atomic E-state index is 5.29. The number of anilines is 1. The van der Waals surface area contributed by atoms with Crippen molar-refractivity contribution < 1.29 is 4.42 Å². The van der Waals surface area contributed by atoms with Crippen molar-refractivity contribution in [3.05, 3.63) is 36.9 Å². The number of nitrogens with zero attached hydrogens (tertiary/aromatic N) is 3. The van der Waals surface area contributed by atoms with Crippen molar-refractivity contribution in [1.82, 2.24) is 20.3 Å². The van der Waals surface area contributed by atoms with Gasteiger partial charge in [-0.15, -0.1) is 0 Å². The average Bonchev–Trinajstić information content (AvgIpc) is 3.24. The van der Waals surface area contributed by atoms with E-state index < -0.39 is 0 Å². The van der Waals surface area contributed by atoms with Crippen molar-refractivity contribution in [3.63, 3.8) is 0 Å². The van der Waals surface area contributed by atoms with Crippen LogP contribution in [0.15, 0.2) is 41.3 Å². The minimum atomic E-state index is 0.568. The van der Waals surface area contributed by atoms with Crippen molar-refractivity contribution >= 4 is 34.3 Å². The summed E-state index contributed by atoms with van der Waals surface area (Å²) in [6.07, 6.45) is 7.53. The van der Waals surface area contributed by atoms with Gasteiger partial charge in [-0.25, -0.2) is 9.97 Å². The second-order valence-corrected chi connectivity index (χ2v) is 5.99. The first-order valence-electron chi connectivity index (χ1n) is 7.49. The maximum Gasteiger partial charge on any atom is 0.180 e. The lowest BCUT2D eigenvalue weighted by Gasteiger charge is -2.09. The molecule has 3 aromatic heterocycles. The van der Waals surface area contributed by atoms with Crippen molar-refractivity contribution in [3.8, 4) is 11.3 Å². The lowest BCUT2D eigenvalue weighted by molar-refractivity contribution is 0.568. The molecule has 0 saturated heterocycles. The van der Waals surface area contributed by atoms with E-state index in [0.717, 1.165) is 29.2 Å². The maximum atomic E-state index is 5.29. The highest BCUT2D eigenvalue weighted by atomic mass is 32.1. The van der Waals surface area contributed by atoms with E-state index in [9.17, 15) is 0 Å². The van der Waals surface area contributed by atoms with Gasteiger partial charge in [-0.05, 0) is 49.2 Å². The number of pyridine rings is 1. The van der Waals surface area contributed by atoms with Crippen LogP contribution in [0.25, 0.3) is 22.4 Å². The topological polar surface area (TPSA) is 75.9 Å². The number of aromatic nitrogens is 3. The quantitative estimate of drug-likeness (QED) is 0.714. The first-order valence-corrected chi connectivity index (χ1v) is 7.90. The second kappa shape index (κ2) is 5.92. The Morgan fingerprint density at radius 3 is 2.96 bits per heavy atom. The predicted molar refractivity (Wildman–Crippen MR) is 92.0 cm³/mol. The smallest absolute Gasteiger partial charge is 0.180 e. The zero-order valence-corrected chi connectivity index (χ0v) is 13.1. The lowest BCUT2D eigenvalue weighted by Crippen LogP contribution is -2.30. The Bertz CT molecular complexity index is 845. The molecule has 3 heterocycles. The van der Waals surface area contributed by atoms with Crippen molar-refractivity contribution in [2.75, 3.05) is 11.9 Å². The molecule has 1 fully saturated rings. The Balaban J connectivity index is 1.54. The third-order valence-electron chi connectivity index (χ3n) is 3.71. The number of fused-ring (bicyclic) bond motifs is 1. The van der Waals surface area contributed by atoms with E-state index in [0.29, 0.717) is 16.6 Å². The fourth-order valence-corrected chi connectivity index (χ4v) is 2.42. The molecule has 0 aromatic carbocycles.